The Bertz CT molecular complexity index is 939. The smallest absolute Gasteiger partial charge is 0.267 e. The molecule has 3 aromatic rings. The molecule has 1 aliphatic rings. The topological polar surface area (TPSA) is 60.7 Å². The molecule has 0 bridgehead atoms. The normalized spacial score (nSPS) is 12.4. The number of benzene rings is 2. The summed E-state index contributed by atoms with van der Waals surface area (Å²) in [4.78, 5) is 12.9. The minimum Gasteiger partial charge on any atom is -0.508 e. The highest BCUT2D eigenvalue weighted by atomic mass is 16.5. The van der Waals surface area contributed by atoms with Crippen molar-refractivity contribution in [3.05, 3.63) is 42.0 Å². The van der Waals surface area contributed by atoms with Gasteiger partial charge in [-0.15, -0.1) is 0 Å². The Morgan fingerprint density at radius 1 is 0.955 bits per heavy atom. The molecule has 0 radical (unpaired) electrons. The molecular weight excluding hydrogens is 282 g/mol. The van der Waals surface area contributed by atoms with Gasteiger partial charge in [0.2, 0.25) is 0 Å². The van der Waals surface area contributed by atoms with Crippen LogP contribution in [0.5, 0.6) is 17.2 Å². The van der Waals surface area contributed by atoms with Crippen LogP contribution in [-0.4, -0.2) is 29.8 Å². The highest BCUT2D eigenvalue weighted by Gasteiger charge is 2.34. The Labute approximate surface area is 126 Å². The van der Waals surface area contributed by atoms with Crippen molar-refractivity contribution in [2.45, 2.75) is 0 Å². The molecule has 2 heterocycles. The van der Waals surface area contributed by atoms with E-state index in [2.05, 4.69) is 0 Å². The molecule has 4 rings (SSSR count). The second-order valence-electron chi connectivity index (χ2n) is 5.13. The van der Waals surface area contributed by atoms with Gasteiger partial charge in [-0.3, -0.25) is 9.36 Å². The predicted octanol–water partition coefficient (Wildman–Crippen LogP) is 3.03. The van der Waals surface area contributed by atoms with Crippen LogP contribution in [-0.2, 0) is 0 Å². The first-order chi connectivity index (χ1) is 10.7. The molecule has 0 saturated carbocycles. The fourth-order valence-corrected chi connectivity index (χ4v) is 3.09. The summed E-state index contributed by atoms with van der Waals surface area (Å²) < 4.78 is 12.4. The fraction of sp³-hybridized carbons (Fsp3) is 0.118. The Kier molecular flexibility index (Phi) is 2.48. The highest BCUT2D eigenvalue weighted by molar-refractivity contribution is 6.17. The van der Waals surface area contributed by atoms with Gasteiger partial charge in [0.05, 0.1) is 36.6 Å². The van der Waals surface area contributed by atoms with Gasteiger partial charge in [-0.25, -0.2) is 0 Å². The SMILES string of the molecule is COc1ccc(OC)c2c1C(=O)n1c-2cc2cc(O)ccc21. The number of fused-ring (bicyclic) bond motifs is 5. The second-order valence-corrected chi connectivity index (χ2v) is 5.13. The van der Waals surface area contributed by atoms with Crippen molar-refractivity contribution >= 4 is 16.8 Å². The number of carbonyl (C=O) groups excluding carboxylic acids is 1. The summed E-state index contributed by atoms with van der Waals surface area (Å²) in [6.45, 7) is 0. The third-order valence-electron chi connectivity index (χ3n) is 4.03. The molecule has 0 spiro atoms. The van der Waals surface area contributed by atoms with E-state index in [0.717, 1.165) is 22.2 Å². The minimum absolute atomic E-state index is 0.151. The van der Waals surface area contributed by atoms with Crippen molar-refractivity contribution in [1.82, 2.24) is 4.57 Å². The maximum atomic E-state index is 12.9. The predicted molar refractivity (Wildman–Crippen MR) is 81.9 cm³/mol. The second kappa shape index (κ2) is 4.27. The monoisotopic (exact) mass is 295 g/mol. The number of carbonyl (C=O) groups is 1. The first-order valence-corrected chi connectivity index (χ1v) is 6.80. The Morgan fingerprint density at radius 2 is 1.64 bits per heavy atom. The third-order valence-corrected chi connectivity index (χ3v) is 4.03. The first-order valence-electron chi connectivity index (χ1n) is 6.80. The highest BCUT2D eigenvalue weighted by Crippen LogP contribution is 2.46. The van der Waals surface area contributed by atoms with E-state index in [0.29, 0.717) is 17.1 Å². The largest absolute Gasteiger partial charge is 0.508 e. The fourth-order valence-electron chi connectivity index (χ4n) is 3.09. The van der Waals surface area contributed by atoms with Crippen molar-refractivity contribution in [3.63, 3.8) is 0 Å². The molecule has 1 N–H and O–H groups in total. The molecule has 0 atom stereocenters. The standard InChI is InChI=1S/C17H13NO4/c1-21-13-5-6-14(22-2)16-15(13)12-8-9-7-10(19)3-4-11(9)18(12)17(16)20/h3-8,19H,1-2H3. The number of hydrogen-bond acceptors (Lipinski definition) is 4. The summed E-state index contributed by atoms with van der Waals surface area (Å²) in [5, 5.41) is 10.4. The number of aromatic nitrogens is 1. The molecule has 2 aromatic carbocycles. The third kappa shape index (κ3) is 1.45. The molecule has 1 aromatic heterocycles. The summed E-state index contributed by atoms with van der Waals surface area (Å²) >= 11 is 0. The van der Waals surface area contributed by atoms with Crippen LogP contribution in [0.4, 0.5) is 0 Å². The van der Waals surface area contributed by atoms with Gasteiger partial charge >= 0.3 is 0 Å². The number of nitrogens with zero attached hydrogens (tertiary/aromatic N) is 1. The van der Waals surface area contributed by atoms with Crippen molar-refractivity contribution in [2.75, 3.05) is 14.2 Å². The lowest BCUT2D eigenvalue weighted by Crippen LogP contribution is -2.07. The average molecular weight is 295 g/mol. The van der Waals surface area contributed by atoms with E-state index >= 15 is 0 Å². The number of phenolic OH excluding ortho intramolecular Hbond substituents is 1. The summed E-state index contributed by atoms with van der Waals surface area (Å²) in [5.74, 6) is 1.16. The lowest BCUT2D eigenvalue weighted by molar-refractivity contribution is 0.0971. The van der Waals surface area contributed by atoms with E-state index in [9.17, 15) is 9.90 Å². The summed E-state index contributed by atoms with van der Waals surface area (Å²) in [6.07, 6.45) is 0. The quantitative estimate of drug-likeness (QED) is 0.617. The molecule has 0 unspecified atom stereocenters. The van der Waals surface area contributed by atoms with Crippen LogP contribution in [0.2, 0.25) is 0 Å². The number of ether oxygens (including phenoxy) is 2. The molecule has 5 heteroatoms. The molecule has 0 saturated heterocycles. The van der Waals surface area contributed by atoms with E-state index in [4.69, 9.17) is 9.47 Å². The van der Waals surface area contributed by atoms with E-state index in [1.165, 1.54) is 0 Å². The molecule has 0 aliphatic carbocycles. The minimum atomic E-state index is -0.151. The Balaban J connectivity index is 2.12. The van der Waals surface area contributed by atoms with Crippen molar-refractivity contribution in [1.29, 1.82) is 0 Å². The lowest BCUT2D eigenvalue weighted by Gasteiger charge is -2.09. The van der Waals surface area contributed by atoms with Gasteiger partial charge in [0, 0.05) is 5.39 Å². The maximum Gasteiger partial charge on any atom is 0.267 e. The number of phenols is 1. The number of rotatable bonds is 2. The molecule has 5 nitrogen and oxygen atoms in total. The van der Waals surface area contributed by atoms with Crippen molar-refractivity contribution < 1.29 is 19.4 Å². The molecule has 0 fully saturated rings. The van der Waals surface area contributed by atoms with Crippen molar-refractivity contribution in [3.8, 4) is 28.5 Å². The summed E-state index contributed by atoms with van der Waals surface area (Å²) in [7, 11) is 3.11. The van der Waals surface area contributed by atoms with E-state index in [1.54, 1.807) is 49.1 Å². The van der Waals surface area contributed by atoms with Crippen LogP contribution in [0.25, 0.3) is 22.2 Å². The molecule has 1 aliphatic heterocycles. The lowest BCUT2D eigenvalue weighted by atomic mass is 10.0. The van der Waals surface area contributed by atoms with Crippen LogP contribution < -0.4 is 9.47 Å². The van der Waals surface area contributed by atoms with Gasteiger partial charge in [-0.2, -0.15) is 0 Å². The Morgan fingerprint density at radius 3 is 2.32 bits per heavy atom. The zero-order chi connectivity index (χ0) is 15.4. The Hall–Kier alpha value is -2.95. The summed E-state index contributed by atoms with van der Waals surface area (Å²) in [6, 6.07) is 10.3. The van der Waals surface area contributed by atoms with Gasteiger partial charge in [-0.1, -0.05) is 0 Å². The zero-order valence-corrected chi connectivity index (χ0v) is 12.1. The number of hydrogen-bond donors (Lipinski definition) is 1. The molecule has 22 heavy (non-hydrogen) atoms. The van der Waals surface area contributed by atoms with E-state index < -0.39 is 0 Å². The van der Waals surface area contributed by atoms with Crippen LogP contribution in [0.3, 0.4) is 0 Å². The zero-order valence-electron chi connectivity index (χ0n) is 12.1. The first kappa shape index (κ1) is 12.8. The van der Waals surface area contributed by atoms with Gasteiger partial charge in [0.15, 0.2) is 0 Å². The van der Waals surface area contributed by atoms with Crippen molar-refractivity contribution in [2.24, 2.45) is 0 Å². The van der Waals surface area contributed by atoms with Crippen LogP contribution in [0, 0.1) is 0 Å². The van der Waals surface area contributed by atoms with E-state index in [1.807, 2.05) is 6.07 Å². The van der Waals surface area contributed by atoms with Crippen LogP contribution >= 0.6 is 0 Å². The van der Waals surface area contributed by atoms with E-state index in [-0.39, 0.29) is 11.7 Å². The molecular formula is C17H13NO4. The molecule has 0 amide bonds. The molecule has 110 valence electrons. The van der Waals surface area contributed by atoms with Crippen LogP contribution in [0.1, 0.15) is 10.4 Å². The van der Waals surface area contributed by atoms with Gasteiger partial charge in [-0.05, 0) is 36.4 Å². The average Bonchev–Trinajstić information content (AvgIpc) is 3.02. The number of aromatic hydroxyl groups is 1. The van der Waals surface area contributed by atoms with Gasteiger partial charge in [0.25, 0.3) is 5.91 Å². The van der Waals surface area contributed by atoms with Gasteiger partial charge < -0.3 is 14.6 Å². The van der Waals surface area contributed by atoms with Crippen LogP contribution in [0.15, 0.2) is 36.4 Å². The number of methoxy groups -OCH3 is 2. The van der Waals surface area contributed by atoms with Gasteiger partial charge in [0.1, 0.15) is 17.2 Å². The summed E-state index contributed by atoms with van der Waals surface area (Å²) in [5.41, 5.74) is 2.73. The maximum absolute atomic E-state index is 12.9.